The molecule has 10 heteroatoms. The minimum atomic E-state index is -2.98. The van der Waals surface area contributed by atoms with Crippen molar-refractivity contribution in [1.82, 2.24) is 24.8 Å². The first kappa shape index (κ1) is 19.6. The first-order valence-electron chi connectivity index (χ1n) is 9.68. The van der Waals surface area contributed by atoms with Crippen LogP contribution in [0.4, 0.5) is 0 Å². The molecular weight excluding hydrogens is 398 g/mol. The van der Waals surface area contributed by atoms with Crippen molar-refractivity contribution in [1.29, 1.82) is 0 Å². The number of carbonyl (C=O) groups excluding carboxylic acids is 1. The van der Waals surface area contributed by atoms with E-state index in [1.54, 1.807) is 0 Å². The van der Waals surface area contributed by atoms with Gasteiger partial charge < -0.3 is 4.57 Å². The number of sulfone groups is 1. The van der Waals surface area contributed by atoms with Gasteiger partial charge in [-0.2, -0.15) is 0 Å². The number of rotatable bonds is 6. The van der Waals surface area contributed by atoms with E-state index in [1.165, 1.54) is 24.6 Å². The Kier molecular flexibility index (Phi) is 5.34. The summed E-state index contributed by atoms with van der Waals surface area (Å²) < 4.78 is 27.6. The van der Waals surface area contributed by atoms with E-state index in [1.807, 2.05) is 29.2 Å². The maximum absolute atomic E-state index is 12.9. The zero-order valence-electron chi connectivity index (χ0n) is 16.2. The lowest BCUT2D eigenvalue weighted by Crippen LogP contribution is -2.15. The Labute approximate surface area is 169 Å². The standard InChI is InChI=1S/C18H25N5O3S2/c1-12-9-16(13(2)22(12)15-7-8-28(25,26)11-15)17(24)10-27-18-19-20-21-23(18)14-5-3-4-6-14/h9,14-15H,3-8,10-11H2,1-2H3/t15-/m1/s1. The molecule has 0 radical (unpaired) electrons. The maximum atomic E-state index is 12.9. The van der Waals surface area contributed by atoms with Gasteiger partial charge in [-0.15, -0.1) is 5.10 Å². The zero-order valence-corrected chi connectivity index (χ0v) is 17.8. The highest BCUT2D eigenvalue weighted by molar-refractivity contribution is 7.99. The number of carbonyl (C=O) groups is 1. The fourth-order valence-electron chi connectivity index (χ4n) is 4.47. The zero-order chi connectivity index (χ0) is 19.9. The third-order valence-electron chi connectivity index (χ3n) is 5.82. The second-order valence-electron chi connectivity index (χ2n) is 7.77. The maximum Gasteiger partial charge on any atom is 0.210 e. The molecule has 0 bridgehead atoms. The fourth-order valence-corrected chi connectivity index (χ4v) is 6.99. The monoisotopic (exact) mass is 423 g/mol. The molecule has 28 heavy (non-hydrogen) atoms. The summed E-state index contributed by atoms with van der Waals surface area (Å²) in [6.07, 6.45) is 5.15. The molecule has 8 nitrogen and oxygen atoms in total. The molecule has 0 N–H and O–H groups in total. The van der Waals surface area contributed by atoms with Gasteiger partial charge in [0.25, 0.3) is 0 Å². The van der Waals surface area contributed by atoms with Crippen LogP contribution in [0.15, 0.2) is 11.2 Å². The van der Waals surface area contributed by atoms with Gasteiger partial charge in [-0.05, 0) is 49.6 Å². The fraction of sp³-hybridized carbons (Fsp3) is 0.667. The van der Waals surface area contributed by atoms with Gasteiger partial charge in [0.1, 0.15) is 0 Å². The van der Waals surface area contributed by atoms with Gasteiger partial charge in [-0.25, -0.2) is 13.1 Å². The van der Waals surface area contributed by atoms with Gasteiger partial charge >= 0.3 is 0 Å². The van der Waals surface area contributed by atoms with Gasteiger partial charge in [-0.1, -0.05) is 24.6 Å². The summed E-state index contributed by atoms with van der Waals surface area (Å²) >= 11 is 1.37. The average Bonchev–Trinajstić information content (AvgIpc) is 3.40. The minimum absolute atomic E-state index is 0.0196. The number of aryl methyl sites for hydroxylation is 1. The lowest BCUT2D eigenvalue weighted by Gasteiger charge is -2.16. The molecule has 0 spiro atoms. The van der Waals surface area contributed by atoms with E-state index in [4.69, 9.17) is 0 Å². The SMILES string of the molecule is Cc1cc(C(=O)CSc2nnnn2C2CCCC2)c(C)n1[C@@H]1CCS(=O)(=O)C1. The number of Topliss-reactive ketones (excluding diaryl/α,β-unsaturated/α-hetero) is 1. The Hall–Kier alpha value is -1.68. The topological polar surface area (TPSA) is 99.7 Å². The molecule has 2 aliphatic rings. The number of nitrogens with zero attached hydrogens (tertiary/aromatic N) is 5. The van der Waals surface area contributed by atoms with Crippen molar-refractivity contribution < 1.29 is 13.2 Å². The predicted molar refractivity (Wildman–Crippen MR) is 107 cm³/mol. The highest BCUT2D eigenvalue weighted by Crippen LogP contribution is 2.32. The molecule has 0 amide bonds. The minimum Gasteiger partial charge on any atom is -0.344 e. The van der Waals surface area contributed by atoms with Crippen LogP contribution in [0, 0.1) is 13.8 Å². The van der Waals surface area contributed by atoms with Crippen LogP contribution in [-0.4, -0.2) is 56.2 Å². The van der Waals surface area contributed by atoms with Crippen LogP contribution < -0.4 is 0 Å². The Balaban J connectivity index is 1.48. The van der Waals surface area contributed by atoms with Gasteiger partial charge in [0.05, 0.1) is 23.3 Å². The van der Waals surface area contributed by atoms with Crippen molar-refractivity contribution in [3.8, 4) is 0 Å². The summed E-state index contributed by atoms with van der Waals surface area (Å²) in [5.41, 5.74) is 2.44. The molecule has 2 aromatic heterocycles. The summed E-state index contributed by atoms with van der Waals surface area (Å²) in [7, 11) is -2.98. The first-order valence-corrected chi connectivity index (χ1v) is 12.5. The molecule has 2 fully saturated rings. The number of hydrogen-bond donors (Lipinski definition) is 0. The third-order valence-corrected chi connectivity index (χ3v) is 8.51. The van der Waals surface area contributed by atoms with Crippen LogP contribution in [-0.2, 0) is 9.84 Å². The smallest absolute Gasteiger partial charge is 0.210 e. The second-order valence-corrected chi connectivity index (χ2v) is 10.9. The van der Waals surface area contributed by atoms with E-state index in [9.17, 15) is 13.2 Å². The van der Waals surface area contributed by atoms with Crippen molar-refractivity contribution in [2.75, 3.05) is 17.3 Å². The van der Waals surface area contributed by atoms with Gasteiger partial charge in [-0.3, -0.25) is 4.79 Å². The Bertz CT molecular complexity index is 989. The van der Waals surface area contributed by atoms with Gasteiger partial charge in [0, 0.05) is 23.0 Å². The van der Waals surface area contributed by atoms with Crippen LogP contribution >= 0.6 is 11.8 Å². The first-order chi connectivity index (χ1) is 13.4. The summed E-state index contributed by atoms with van der Waals surface area (Å²) in [6.45, 7) is 3.83. The number of tetrazole rings is 1. The predicted octanol–water partition coefficient (Wildman–Crippen LogP) is 2.54. The van der Waals surface area contributed by atoms with E-state index in [2.05, 4.69) is 15.5 Å². The largest absolute Gasteiger partial charge is 0.344 e. The molecule has 3 heterocycles. The lowest BCUT2D eigenvalue weighted by molar-refractivity contribution is 0.102. The van der Waals surface area contributed by atoms with Crippen molar-refractivity contribution in [2.45, 2.75) is 63.2 Å². The molecule has 0 aromatic carbocycles. The van der Waals surface area contributed by atoms with E-state index < -0.39 is 9.84 Å². The summed E-state index contributed by atoms with van der Waals surface area (Å²) in [5, 5.41) is 12.7. The molecule has 4 rings (SSSR count). The van der Waals surface area contributed by atoms with Crippen LogP contribution in [0.1, 0.15) is 65.9 Å². The Morgan fingerprint density at radius 1 is 1.21 bits per heavy atom. The van der Waals surface area contributed by atoms with Crippen molar-refractivity contribution in [2.24, 2.45) is 0 Å². The highest BCUT2D eigenvalue weighted by Gasteiger charge is 2.31. The molecule has 0 unspecified atom stereocenters. The molecule has 1 aliphatic heterocycles. The highest BCUT2D eigenvalue weighted by atomic mass is 32.2. The number of aromatic nitrogens is 5. The molecule has 1 atom stereocenters. The molecule has 1 saturated heterocycles. The van der Waals surface area contributed by atoms with Crippen LogP contribution in [0.25, 0.3) is 0 Å². The van der Waals surface area contributed by atoms with Crippen molar-refractivity contribution in [3.05, 3.63) is 23.0 Å². The molecule has 2 aromatic rings. The number of ketones is 1. The Morgan fingerprint density at radius 3 is 2.64 bits per heavy atom. The van der Waals surface area contributed by atoms with Gasteiger partial charge in [0.2, 0.25) is 5.16 Å². The quantitative estimate of drug-likeness (QED) is 0.520. The number of hydrogen-bond acceptors (Lipinski definition) is 7. The third kappa shape index (κ3) is 3.76. The Morgan fingerprint density at radius 2 is 1.96 bits per heavy atom. The summed E-state index contributed by atoms with van der Waals surface area (Å²) in [5.74, 6) is 0.658. The van der Waals surface area contributed by atoms with E-state index >= 15 is 0 Å². The second kappa shape index (κ2) is 7.62. The van der Waals surface area contributed by atoms with Crippen LogP contribution in [0.2, 0.25) is 0 Å². The van der Waals surface area contributed by atoms with Crippen molar-refractivity contribution >= 4 is 27.4 Å². The molecule has 152 valence electrons. The van der Waals surface area contributed by atoms with E-state index in [0.29, 0.717) is 23.2 Å². The molecular formula is C18H25N5O3S2. The van der Waals surface area contributed by atoms with Crippen LogP contribution in [0.5, 0.6) is 0 Å². The molecule has 1 aliphatic carbocycles. The van der Waals surface area contributed by atoms with E-state index in [-0.39, 0.29) is 29.1 Å². The van der Waals surface area contributed by atoms with E-state index in [0.717, 1.165) is 24.2 Å². The van der Waals surface area contributed by atoms with Gasteiger partial charge in [0.15, 0.2) is 15.6 Å². The number of thioether (sulfide) groups is 1. The normalized spacial score (nSPS) is 22.1. The molecule has 1 saturated carbocycles. The average molecular weight is 424 g/mol. The summed E-state index contributed by atoms with van der Waals surface area (Å²) in [6, 6.07) is 2.14. The van der Waals surface area contributed by atoms with Crippen LogP contribution in [0.3, 0.4) is 0 Å². The lowest BCUT2D eigenvalue weighted by atomic mass is 10.2. The van der Waals surface area contributed by atoms with Crippen molar-refractivity contribution in [3.63, 3.8) is 0 Å². The summed E-state index contributed by atoms with van der Waals surface area (Å²) in [4.78, 5) is 12.9.